The highest BCUT2D eigenvalue weighted by molar-refractivity contribution is 5.91. The van der Waals surface area contributed by atoms with E-state index in [0.29, 0.717) is 24.2 Å². The molecule has 5 rings (SSSR count). The van der Waals surface area contributed by atoms with E-state index in [-0.39, 0.29) is 37.3 Å². The molecule has 1 saturated carbocycles. The maximum atomic E-state index is 14.9. The fourth-order valence-corrected chi connectivity index (χ4v) is 5.10. The molecule has 0 bridgehead atoms. The van der Waals surface area contributed by atoms with Crippen molar-refractivity contribution < 1.29 is 23.2 Å². The van der Waals surface area contributed by atoms with Gasteiger partial charge in [-0.1, -0.05) is 42.5 Å². The van der Waals surface area contributed by atoms with Gasteiger partial charge < -0.3 is 20.0 Å². The molecule has 2 aromatic carbocycles. The van der Waals surface area contributed by atoms with Gasteiger partial charge in [0.05, 0.1) is 12.6 Å². The monoisotopic (exact) mass is 496 g/mol. The number of carbonyl (C=O) groups excluding carboxylic acids is 3. The minimum absolute atomic E-state index is 0.123. The van der Waals surface area contributed by atoms with Gasteiger partial charge in [-0.3, -0.25) is 9.59 Å². The number of nitrogens with zero attached hydrogens (tertiary/aromatic N) is 3. The topological polar surface area (TPSA) is 73.0 Å². The molecular formula is C27H30F2N4O3. The number of rotatable bonds is 7. The zero-order valence-electron chi connectivity index (χ0n) is 20.2. The van der Waals surface area contributed by atoms with Crippen LogP contribution < -0.4 is 5.32 Å². The average Bonchev–Trinajstić information content (AvgIpc) is 3.57. The molecule has 7 nitrogen and oxygen atoms in total. The molecule has 3 atom stereocenters. The Morgan fingerprint density at radius 1 is 1.08 bits per heavy atom. The van der Waals surface area contributed by atoms with Gasteiger partial charge in [-0.05, 0) is 41.5 Å². The molecule has 0 spiro atoms. The summed E-state index contributed by atoms with van der Waals surface area (Å²) in [6.45, 7) is 0.519. The molecule has 0 unspecified atom stereocenters. The van der Waals surface area contributed by atoms with E-state index in [1.807, 2.05) is 36.4 Å². The van der Waals surface area contributed by atoms with Crippen molar-refractivity contribution in [2.24, 2.45) is 0 Å². The van der Waals surface area contributed by atoms with Gasteiger partial charge in [0.25, 0.3) is 0 Å². The van der Waals surface area contributed by atoms with Crippen LogP contribution in [0.1, 0.15) is 47.9 Å². The minimum Gasteiger partial charge on any atom is -0.343 e. The number of alkyl halides is 1. The van der Waals surface area contributed by atoms with Gasteiger partial charge in [0.1, 0.15) is 24.6 Å². The second kappa shape index (κ2) is 9.87. The summed E-state index contributed by atoms with van der Waals surface area (Å²) < 4.78 is 29.3. The van der Waals surface area contributed by atoms with Crippen molar-refractivity contribution in [1.82, 2.24) is 20.0 Å². The predicted molar refractivity (Wildman–Crippen MR) is 129 cm³/mol. The largest absolute Gasteiger partial charge is 0.343 e. The van der Waals surface area contributed by atoms with Crippen LogP contribution in [0.25, 0.3) is 0 Å². The Kier molecular flexibility index (Phi) is 6.64. The quantitative estimate of drug-likeness (QED) is 0.640. The molecule has 0 radical (unpaired) electrons. The number of likely N-dealkylation sites (tertiary alicyclic amines) is 1. The SMILES string of the molecule is CN1CCN(CC(=O)N2C[C@H](F)C[C@H]2C(=O)N[C@@H](c2ccccc2)c2ccc(C3CC3)c(F)c2)C1=O. The number of hydrogen-bond acceptors (Lipinski definition) is 3. The molecule has 36 heavy (non-hydrogen) atoms. The molecule has 2 heterocycles. The summed E-state index contributed by atoms with van der Waals surface area (Å²) in [5.74, 6) is -1.01. The van der Waals surface area contributed by atoms with E-state index in [9.17, 15) is 23.2 Å². The van der Waals surface area contributed by atoms with Crippen LogP contribution in [-0.2, 0) is 9.59 Å². The highest BCUT2D eigenvalue weighted by atomic mass is 19.1. The Bertz CT molecular complexity index is 1160. The molecule has 2 aliphatic heterocycles. The van der Waals surface area contributed by atoms with Crippen LogP contribution >= 0.6 is 0 Å². The van der Waals surface area contributed by atoms with Crippen LogP contribution in [-0.4, -0.2) is 78.0 Å². The normalized spacial score (nSPS) is 22.8. The average molecular weight is 497 g/mol. The maximum absolute atomic E-state index is 14.9. The lowest BCUT2D eigenvalue weighted by molar-refractivity contribution is -0.139. The number of benzene rings is 2. The third kappa shape index (κ3) is 4.92. The van der Waals surface area contributed by atoms with E-state index in [1.54, 1.807) is 13.1 Å². The summed E-state index contributed by atoms with van der Waals surface area (Å²) in [4.78, 5) is 42.8. The van der Waals surface area contributed by atoms with Crippen molar-refractivity contribution in [2.75, 3.05) is 33.2 Å². The minimum atomic E-state index is -1.34. The smallest absolute Gasteiger partial charge is 0.320 e. The first kappa shape index (κ1) is 24.2. The second-order valence-corrected chi connectivity index (χ2v) is 9.93. The zero-order valence-corrected chi connectivity index (χ0v) is 20.2. The summed E-state index contributed by atoms with van der Waals surface area (Å²) in [6, 6.07) is 12.3. The number of halogens is 2. The molecule has 2 aromatic rings. The first-order valence-electron chi connectivity index (χ1n) is 12.4. The van der Waals surface area contributed by atoms with Crippen LogP contribution in [0.3, 0.4) is 0 Å². The van der Waals surface area contributed by atoms with Gasteiger partial charge in [-0.2, -0.15) is 0 Å². The summed E-state index contributed by atoms with van der Waals surface area (Å²) in [7, 11) is 1.65. The van der Waals surface area contributed by atoms with Crippen LogP contribution in [0.4, 0.5) is 13.6 Å². The van der Waals surface area contributed by atoms with Gasteiger partial charge in [0.15, 0.2) is 0 Å². The van der Waals surface area contributed by atoms with E-state index < -0.39 is 30.1 Å². The van der Waals surface area contributed by atoms with Crippen molar-refractivity contribution in [2.45, 2.75) is 43.4 Å². The molecule has 2 saturated heterocycles. The van der Waals surface area contributed by atoms with E-state index in [0.717, 1.165) is 18.4 Å². The predicted octanol–water partition coefficient (Wildman–Crippen LogP) is 3.22. The third-order valence-electron chi connectivity index (χ3n) is 7.30. The van der Waals surface area contributed by atoms with Gasteiger partial charge in [-0.15, -0.1) is 0 Å². The summed E-state index contributed by atoms with van der Waals surface area (Å²) >= 11 is 0. The van der Waals surface area contributed by atoms with Crippen LogP contribution in [0, 0.1) is 5.82 Å². The zero-order chi connectivity index (χ0) is 25.4. The van der Waals surface area contributed by atoms with E-state index >= 15 is 0 Å². The Hall–Kier alpha value is -3.49. The lowest BCUT2D eigenvalue weighted by atomic mass is 9.96. The summed E-state index contributed by atoms with van der Waals surface area (Å²) in [5.41, 5.74) is 2.02. The first-order valence-corrected chi connectivity index (χ1v) is 12.4. The lowest BCUT2D eigenvalue weighted by Gasteiger charge is -2.28. The molecular weight excluding hydrogens is 466 g/mol. The number of nitrogens with one attached hydrogen (secondary N) is 1. The fraction of sp³-hybridized carbons (Fsp3) is 0.444. The fourth-order valence-electron chi connectivity index (χ4n) is 5.10. The van der Waals surface area contributed by atoms with Crippen molar-refractivity contribution in [1.29, 1.82) is 0 Å². The van der Waals surface area contributed by atoms with E-state index in [4.69, 9.17) is 0 Å². The van der Waals surface area contributed by atoms with Gasteiger partial charge in [0, 0.05) is 26.6 Å². The summed E-state index contributed by atoms with van der Waals surface area (Å²) in [6.07, 6.45) is 0.489. The summed E-state index contributed by atoms with van der Waals surface area (Å²) in [5, 5.41) is 2.94. The van der Waals surface area contributed by atoms with Crippen LogP contribution in [0.15, 0.2) is 48.5 Å². The molecule has 1 aliphatic carbocycles. The van der Waals surface area contributed by atoms with Crippen molar-refractivity contribution in [3.63, 3.8) is 0 Å². The molecule has 4 amide bonds. The van der Waals surface area contributed by atoms with E-state index in [2.05, 4.69) is 5.32 Å². The number of likely N-dealkylation sites (N-methyl/N-ethyl adjacent to an activating group) is 1. The van der Waals surface area contributed by atoms with Crippen LogP contribution in [0.2, 0.25) is 0 Å². The van der Waals surface area contributed by atoms with Gasteiger partial charge in [-0.25, -0.2) is 13.6 Å². The Balaban J connectivity index is 1.35. The lowest BCUT2D eigenvalue weighted by Crippen LogP contribution is -2.50. The second-order valence-electron chi connectivity index (χ2n) is 9.93. The molecule has 3 aliphatic rings. The molecule has 1 N–H and O–H groups in total. The number of urea groups is 1. The Labute approximate surface area is 209 Å². The highest BCUT2D eigenvalue weighted by Crippen LogP contribution is 2.42. The van der Waals surface area contributed by atoms with Crippen molar-refractivity contribution in [3.8, 4) is 0 Å². The van der Waals surface area contributed by atoms with Crippen molar-refractivity contribution in [3.05, 3.63) is 71.0 Å². The van der Waals surface area contributed by atoms with Gasteiger partial charge >= 0.3 is 6.03 Å². The molecule has 9 heteroatoms. The Morgan fingerprint density at radius 3 is 2.47 bits per heavy atom. The third-order valence-corrected chi connectivity index (χ3v) is 7.30. The number of carbonyl (C=O) groups is 3. The van der Waals surface area contributed by atoms with Crippen LogP contribution in [0.5, 0.6) is 0 Å². The number of amides is 4. The molecule has 3 fully saturated rings. The van der Waals surface area contributed by atoms with Gasteiger partial charge in [0.2, 0.25) is 11.8 Å². The maximum Gasteiger partial charge on any atom is 0.320 e. The first-order chi connectivity index (χ1) is 17.3. The molecule has 0 aromatic heterocycles. The highest BCUT2D eigenvalue weighted by Gasteiger charge is 2.42. The number of hydrogen-bond donors (Lipinski definition) is 1. The van der Waals surface area contributed by atoms with E-state index in [1.165, 1.54) is 20.8 Å². The Morgan fingerprint density at radius 2 is 1.83 bits per heavy atom. The van der Waals surface area contributed by atoms with Crippen molar-refractivity contribution >= 4 is 17.8 Å². The standard InChI is InChI=1S/C27H30F2N4O3/c1-31-11-12-32(27(31)36)16-24(34)33-15-20(28)14-23(33)26(35)30-25(18-5-3-2-4-6-18)19-9-10-21(17-7-8-17)22(29)13-19/h2-6,9-10,13,17,20,23,25H,7-8,11-12,14-16H2,1H3,(H,30,35)/t20-,23+,25+/m1/s1. The molecule has 190 valence electrons.